The van der Waals surface area contributed by atoms with Gasteiger partial charge >= 0.3 is 0 Å². The summed E-state index contributed by atoms with van der Waals surface area (Å²) in [5, 5.41) is 5.29. The summed E-state index contributed by atoms with van der Waals surface area (Å²) in [7, 11) is 5.00. The third-order valence-electron chi connectivity index (χ3n) is 7.52. The summed E-state index contributed by atoms with van der Waals surface area (Å²) in [5.41, 5.74) is 4.57. The molecule has 210 valence electrons. The van der Waals surface area contributed by atoms with Crippen molar-refractivity contribution in [1.82, 2.24) is 19.5 Å². The number of hydrogen-bond acceptors (Lipinski definition) is 8. The van der Waals surface area contributed by atoms with Gasteiger partial charge in [0, 0.05) is 49.7 Å². The van der Waals surface area contributed by atoms with Gasteiger partial charge in [-0.15, -0.1) is 0 Å². The lowest BCUT2D eigenvalue weighted by atomic mass is 10.1. The van der Waals surface area contributed by atoms with Crippen LogP contribution in [0.15, 0.2) is 76.9 Å². The fraction of sp³-hybridized carbons (Fsp3) is 0.258. The van der Waals surface area contributed by atoms with Crippen molar-refractivity contribution in [3.63, 3.8) is 0 Å². The Balaban J connectivity index is 1.19. The summed E-state index contributed by atoms with van der Waals surface area (Å²) in [5.74, 6) is 2.42. The van der Waals surface area contributed by atoms with Gasteiger partial charge in [-0.1, -0.05) is 12.1 Å². The average Bonchev–Trinajstić information content (AvgIpc) is 3.40. The minimum Gasteiger partial charge on any atom is -0.497 e. The number of aromatic nitrogens is 3. The van der Waals surface area contributed by atoms with E-state index in [1.807, 2.05) is 48.5 Å². The van der Waals surface area contributed by atoms with Crippen molar-refractivity contribution in [3.05, 3.63) is 88.5 Å². The molecule has 41 heavy (non-hydrogen) atoms. The van der Waals surface area contributed by atoms with Crippen LogP contribution in [0.25, 0.3) is 21.9 Å². The second kappa shape index (κ2) is 11.3. The number of anilines is 1. The molecule has 3 heterocycles. The zero-order valence-electron chi connectivity index (χ0n) is 23.3. The van der Waals surface area contributed by atoms with Crippen molar-refractivity contribution >= 4 is 33.8 Å². The molecule has 0 unspecified atom stereocenters. The highest BCUT2D eigenvalue weighted by Crippen LogP contribution is 2.29. The first-order valence-electron chi connectivity index (χ1n) is 13.5. The van der Waals surface area contributed by atoms with E-state index in [1.54, 1.807) is 27.5 Å². The largest absolute Gasteiger partial charge is 0.497 e. The summed E-state index contributed by atoms with van der Waals surface area (Å²) in [4.78, 5) is 25.6. The van der Waals surface area contributed by atoms with Crippen LogP contribution in [-0.2, 0) is 6.54 Å². The molecule has 0 radical (unpaired) electrons. The van der Waals surface area contributed by atoms with Gasteiger partial charge in [0.1, 0.15) is 34.6 Å². The van der Waals surface area contributed by atoms with Crippen LogP contribution in [0.5, 0.6) is 17.2 Å². The van der Waals surface area contributed by atoms with E-state index in [-0.39, 0.29) is 5.56 Å². The molecule has 10 heteroatoms. The Morgan fingerprint density at radius 3 is 2.51 bits per heavy atom. The number of benzene rings is 3. The number of piperazine rings is 1. The van der Waals surface area contributed by atoms with Gasteiger partial charge in [0.05, 0.1) is 38.7 Å². The number of nitrogens with one attached hydrogen (secondary N) is 1. The molecule has 3 aromatic carbocycles. The highest BCUT2D eigenvalue weighted by Gasteiger charge is 2.20. The summed E-state index contributed by atoms with van der Waals surface area (Å²) in [6.45, 7) is 4.39. The molecule has 5 aromatic rings. The van der Waals surface area contributed by atoms with Gasteiger partial charge in [-0.25, -0.2) is 4.98 Å². The molecule has 0 bridgehead atoms. The number of methoxy groups -OCH3 is 3. The van der Waals surface area contributed by atoms with Gasteiger partial charge < -0.3 is 24.1 Å². The molecule has 0 aliphatic carbocycles. The standard InChI is InChI=1S/C31H32N6O4/c1-39-23-9-10-24-25(17-23)34-30-29(24)32-20-37(31(30)38)33-18-21-8-11-27(40-2)22(16-21)19-35-12-14-36(15-13-35)26-6-4-5-7-28(26)41-3/h4-11,16-18,20,34H,12-15,19H2,1-3H3/b33-18-. The minimum absolute atomic E-state index is 0.275. The maximum absolute atomic E-state index is 13.2. The Labute approximate surface area is 237 Å². The van der Waals surface area contributed by atoms with Gasteiger partial charge in [-0.3, -0.25) is 9.69 Å². The van der Waals surface area contributed by atoms with Crippen LogP contribution in [0.2, 0.25) is 0 Å². The molecular weight excluding hydrogens is 520 g/mol. The van der Waals surface area contributed by atoms with E-state index in [9.17, 15) is 4.79 Å². The Hall–Kier alpha value is -4.83. The molecule has 1 aliphatic rings. The molecule has 0 spiro atoms. The second-order valence-corrected chi connectivity index (χ2v) is 9.91. The minimum atomic E-state index is -0.275. The third kappa shape index (κ3) is 5.21. The second-order valence-electron chi connectivity index (χ2n) is 9.91. The fourth-order valence-electron chi connectivity index (χ4n) is 5.35. The van der Waals surface area contributed by atoms with Crippen LogP contribution < -0.4 is 24.7 Å². The zero-order chi connectivity index (χ0) is 28.3. The van der Waals surface area contributed by atoms with E-state index in [2.05, 4.69) is 37.0 Å². The van der Waals surface area contributed by atoms with Gasteiger partial charge in [0.2, 0.25) is 0 Å². The van der Waals surface area contributed by atoms with Crippen LogP contribution in [0.3, 0.4) is 0 Å². The smallest absolute Gasteiger partial charge is 0.298 e. The molecule has 6 rings (SSSR count). The monoisotopic (exact) mass is 552 g/mol. The van der Waals surface area contributed by atoms with E-state index in [0.717, 1.165) is 71.9 Å². The molecule has 1 fully saturated rings. The number of fused-ring (bicyclic) bond motifs is 3. The summed E-state index contributed by atoms with van der Waals surface area (Å²) in [6, 6.07) is 19.7. The SMILES string of the molecule is COc1ccc2c(c1)[nH]c1c(=O)n(/N=C\c3ccc(OC)c(CN4CCN(c5ccccc5OC)CC4)c3)cnc12. The molecule has 1 aliphatic heterocycles. The Morgan fingerprint density at radius 1 is 0.927 bits per heavy atom. The Bertz CT molecular complexity index is 1790. The Kier molecular flexibility index (Phi) is 7.30. The van der Waals surface area contributed by atoms with Crippen molar-refractivity contribution < 1.29 is 14.2 Å². The fourth-order valence-corrected chi connectivity index (χ4v) is 5.35. The average molecular weight is 553 g/mol. The molecule has 0 amide bonds. The van der Waals surface area contributed by atoms with Gasteiger partial charge in [0.25, 0.3) is 5.56 Å². The first-order chi connectivity index (χ1) is 20.1. The predicted octanol–water partition coefficient (Wildman–Crippen LogP) is 4.11. The maximum Gasteiger partial charge on any atom is 0.298 e. The van der Waals surface area contributed by atoms with Crippen molar-refractivity contribution in [3.8, 4) is 17.2 Å². The van der Waals surface area contributed by atoms with E-state index in [0.29, 0.717) is 16.8 Å². The molecule has 1 saturated heterocycles. The van der Waals surface area contributed by atoms with E-state index < -0.39 is 0 Å². The van der Waals surface area contributed by atoms with E-state index >= 15 is 0 Å². The predicted molar refractivity (Wildman–Crippen MR) is 161 cm³/mol. The molecular formula is C31H32N6O4. The van der Waals surface area contributed by atoms with Gasteiger partial charge in [-0.05, 0) is 48.0 Å². The van der Waals surface area contributed by atoms with Crippen LogP contribution in [-0.4, -0.2) is 73.3 Å². The highest BCUT2D eigenvalue weighted by molar-refractivity contribution is 6.04. The zero-order valence-corrected chi connectivity index (χ0v) is 23.3. The molecule has 0 saturated carbocycles. The number of hydrogen-bond donors (Lipinski definition) is 1. The van der Waals surface area contributed by atoms with E-state index in [4.69, 9.17) is 14.2 Å². The van der Waals surface area contributed by atoms with E-state index in [1.165, 1.54) is 11.0 Å². The maximum atomic E-state index is 13.2. The van der Waals surface area contributed by atoms with Gasteiger partial charge in [-0.2, -0.15) is 9.78 Å². The molecule has 10 nitrogen and oxygen atoms in total. The van der Waals surface area contributed by atoms with Crippen LogP contribution >= 0.6 is 0 Å². The first-order valence-corrected chi connectivity index (χ1v) is 13.5. The van der Waals surface area contributed by atoms with Gasteiger partial charge in [0.15, 0.2) is 0 Å². The Morgan fingerprint density at radius 2 is 1.73 bits per heavy atom. The van der Waals surface area contributed by atoms with Crippen molar-refractivity contribution in [1.29, 1.82) is 0 Å². The molecule has 0 atom stereocenters. The van der Waals surface area contributed by atoms with Crippen LogP contribution in [0.1, 0.15) is 11.1 Å². The summed E-state index contributed by atoms with van der Waals surface area (Å²) < 4.78 is 17.8. The number of aromatic amines is 1. The normalized spacial score (nSPS) is 14.3. The highest BCUT2D eigenvalue weighted by atomic mass is 16.5. The lowest BCUT2D eigenvalue weighted by Crippen LogP contribution is -2.46. The number of para-hydroxylation sites is 2. The topological polar surface area (TPSA) is 97.2 Å². The number of H-pyrrole nitrogens is 1. The number of rotatable bonds is 8. The summed E-state index contributed by atoms with van der Waals surface area (Å²) >= 11 is 0. The molecule has 2 aromatic heterocycles. The van der Waals surface area contributed by atoms with Crippen molar-refractivity contribution in [2.75, 3.05) is 52.4 Å². The van der Waals surface area contributed by atoms with Crippen LogP contribution in [0.4, 0.5) is 5.69 Å². The van der Waals surface area contributed by atoms with Crippen molar-refractivity contribution in [2.45, 2.75) is 6.54 Å². The quantitative estimate of drug-likeness (QED) is 0.290. The third-order valence-corrected chi connectivity index (χ3v) is 7.52. The summed E-state index contributed by atoms with van der Waals surface area (Å²) in [6.07, 6.45) is 3.12. The lowest BCUT2D eigenvalue weighted by Gasteiger charge is -2.36. The number of nitrogens with zero attached hydrogens (tertiary/aromatic N) is 5. The van der Waals surface area contributed by atoms with Crippen LogP contribution in [0, 0.1) is 0 Å². The lowest BCUT2D eigenvalue weighted by molar-refractivity contribution is 0.245. The first kappa shape index (κ1) is 26.4. The van der Waals surface area contributed by atoms with Crippen molar-refractivity contribution in [2.24, 2.45) is 5.10 Å². The molecule has 1 N–H and O–H groups in total. The number of ether oxygens (including phenoxy) is 3.